The van der Waals surface area contributed by atoms with E-state index in [9.17, 15) is 9.59 Å². The van der Waals surface area contributed by atoms with E-state index in [2.05, 4.69) is 5.32 Å². The van der Waals surface area contributed by atoms with Gasteiger partial charge in [0.05, 0.1) is 11.3 Å². The van der Waals surface area contributed by atoms with Gasteiger partial charge in [0, 0.05) is 31.1 Å². The third-order valence-corrected chi connectivity index (χ3v) is 6.69. The zero-order chi connectivity index (χ0) is 19.1. The van der Waals surface area contributed by atoms with Gasteiger partial charge in [-0.1, -0.05) is 12.1 Å². The van der Waals surface area contributed by atoms with Crippen LogP contribution >= 0.6 is 11.8 Å². The van der Waals surface area contributed by atoms with Gasteiger partial charge in [-0.05, 0) is 63.7 Å². The minimum atomic E-state index is 0.110. The van der Waals surface area contributed by atoms with Crippen LogP contribution in [0.3, 0.4) is 0 Å². The van der Waals surface area contributed by atoms with Gasteiger partial charge in [-0.15, -0.1) is 11.8 Å². The molecule has 2 fully saturated rings. The largest absolute Gasteiger partial charge is 0.342 e. The molecular formula is C21H31N3O2S. The van der Waals surface area contributed by atoms with Crippen LogP contribution in [0.1, 0.15) is 42.5 Å². The summed E-state index contributed by atoms with van der Waals surface area (Å²) >= 11 is 1.50. The lowest BCUT2D eigenvalue weighted by molar-refractivity contribution is -0.127. The van der Waals surface area contributed by atoms with Gasteiger partial charge in [-0.2, -0.15) is 0 Å². The molecule has 27 heavy (non-hydrogen) atoms. The Morgan fingerprint density at radius 2 is 1.78 bits per heavy atom. The number of amides is 2. The standard InChI is InChI=1S/C21H31N3O2S/c1-22-11-8-17-9-14-24(15-10-17)21(26)18-6-2-3-7-19(18)27-16-20(25)23-12-4-5-13-23/h2-3,6-7,17,22H,4-5,8-16H2,1H3. The van der Waals surface area contributed by atoms with Gasteiger partial charge in [0.1, 0.15) is 0 Å². The van der Waals surface area contributed by atoms with Gasteiger partial charge in [0.15, 0.2) is 0 Å². The van der Waals surface area contributed by atoms with E-state index < -0.39 is 0 Å². The Morgan fingerprint density at radius 3 is 2.48 bits per heavy atom. The Morgan fingerprint density at radius 1 is 1.07 bits per heavy atom. The lowest BCUT2D eigenvalue weighted by Gasteiger charge is -2.32. The highest BCUT2D eigenvalue weighted by atomic mass is 32.2. The quantitative estimate of drug-likeness (QED) is 0.729. The third-order valence-electron chi connectivity index (χ3n) is 5.63. The van der Waals surface area contributed by atoms with Gasteiger partial charge in [-0.25, -0.2) is 0 Å². The number of nitrogens with one attached hydrogen (secondary N) is 1. The number of thioether (sulfide) groups is 1. The van der Waals surface area contributed by atoms with Crippen LogP contribution in [-0.2, 0) is 4.79 Å². The van der Waals surface area contributed by atoms with E-state index in [1.807, 2.05) is 41.1 Å². The molecule has 2 saturated heterocycles. The van der Waals surface area contributed by atoms with Crippen molar-refractivity contribution in [3.8, 4) is 0 Å². The average Bonchev–Trinajstić information content (AvgIpc) is 3.25. The highest BCUT2D eigenvalue weighted by molar-refractivity contribution is 8.00. The summed E-state index contributed by atoms with van der Waals surface area (Å²) in [5.41, 5.74) is 0.741. The summed E-state index contributed by atoms with van der Waals surface area (Å²) in [6, 6.07) is 7.73. The molecule has 0 aromatic heterocycles. The topological polar surface area (TPSA) is 52.7 Å². The molecule has 6 heteroatoms. The first-order chi connectivity index (χ1) is 13.2. The van der Waals surface area contributed by atoms with Crippen LogP contribution in [0.5, 0.6) is 0 Å². The zero-order valence-electron chi connectivity index (χ0n) is 16.3. The highest BCUT2D eigenvalue weighted by Crippen LogP contribution is 2.27. The molecule has 0 atom stereocenters. The molecule has 2 aliphatic rings. The van der Waals surface area contributed by atoms with E-state index >= 15 is 0 Å². The second-order valence-electron chi connectivity index (χ2n) is 7.50. The number of nitrogens with zero attached hydrogens (tertiary/aromatic N) is 2. The summed E-state index contributed by atoms with van der Waals surface area (Å²) in [5.74, 6) is 1.42. The maximum Gasteiger partial charge on any atom is 0.254 e. The van der Waals surface area contributed by atoms with Crippen LogP contribution in [-0.4, -0.2) is 67.1 Å². The molecule has 0 radical (unpaired) electrons. The average molecular weight is 390 g/mol. The second kappa shape index (κ2) is 10.1. The Kier molecular flexibility index (Phi) is 7.59. The molecule has 0 unspecified atom stereocenters. The summed E-state index contributed by atoms with van der Waals surface area (Å²) in [6.45, 7) is 4.46. The van der Waals surface area contributed by atoms with Crippen molar-refractivity contribution in [2.45, 2.75) is 37.0 Å². The Hall–Kier alpha value is -1.53. The maximum atomic E-state index is 13.0. The predicted octanol–water partition coefficient (Wildman–Crippen LogP) is 2.86. The van der Waals surface area contributed by atoms with Gasteiger partial charge in [-0.3, -0.25) is 9.59 Å². The number of carbonyl (C=O) groups excluding carboxylic acids is 2. The number of benzene rings is 1. The molecule has 5 nitrogen and oxygen atoms in total. The molecule has 2 aliphatic heterocycles. The summed E-state index contributed by atoms with van der Waals surface area (Å²) < 4.78 is 0. The van der Waals surface area contributed by atoms with Crippen molar-refractivity contribution in [2.24, 2.45) is 5.92 Å². The van der Waals surface area contributed by atoms with Crippen LogP contribution < -0.4 is 5.32 Å². The van der Waals surface area contributed by atoms with E-state index in [1.54, 1.807) is 0 Å². The summed E-state index contributed by atoms with van der Waals surface area (Å²) in [7, 11) is 1.99. The van der Waals surface area contributed by atoms with Crippen LogP contribution in [0.25, 0.3) is 0 Å². The number of rotatable bonds is 7. The Labute approximate surface area is 166 Å². The van der Waals surface area contributed by atoms with E-state index in [4.69, 9.17) is 0 Å². The smallest absolute Gasteiger partial charge is 0.254 e. The molecule has 0 bridgehead atoms. The SMILES string of the molecule is CNCCC1CCN(C(=O)c2ccccc2SCC(=O)N2CCCC2)CC1. The first-order valence-corrected chi connectivity index (χ1v) is 11.1. The molecule has 2 amide bonds. The fourth-order valence-electron chi connectivity index (χ4n) is 3.91. The maximum absolute atomic E-state index is 13.0. The minimum Gasteiger partial charge on any atom is -0.342 e. The molecule has 0 saturated carbocycles. The van der Waals surface area contributed by atoms with Crippen molar-refractivity contribution in [1.82, 2.24) is 15.1 Å². The third kappa shape index (κ3) is 5.48. The highest BCUT2D eigenvalue weighted by Gasteiger charge is 2.25. The molecule has 1 N–H and O–H groups in total. The van der Waals surface area contributed by atoms with Crippen LogP contribution in [0.15, 0.2) is 29.2 Å². The van der Waals surface area contributed by atoms with Crippen molar-refractivity contribution in [3.63, 3.8) is 0 Å². The normalized spacial score (nSPS) is 18.1. The number of carbonyl (C=O) groups is 2. The molecule has 2 heterocycles. The van der Waals surface area contributed by atoms with Crippen molar-refractivity contribution in [3.05, 3.63) is 29.8 Å². The molecule has 1 aromatic rings. The number of hydrogen-bond donors (Lipinski definition) is 1. The Bertz CT molecular complexity index is 638. The molecule has 0 aliphatic carbocycles. The molecule has 1 aromatic carbocycles. The van der Waals surface area contributed by atoms with Crippen molar-refractivity contribution >= 4 is 23.6 Å². The van der Waals surface area contributed by atoms with Crippen LogP contribution in [0.4, 0.5) is 0 Å². The van der Waals surface area contributed by atoms with E-state index in [1.165, 1.54) is 18.2 Å². The van der Waals surface area contributed by atoms with E-state index in [-0.39, 0.29) is 11.8 Å². The van der Waals surface area contributed by atoms with Crippen molar-refractivity contribution < 1.29 is 9.59 Å². The number of hydrogen-bond acceptors (Lipinski definition) is 4. The second-order valence-corrected chi connectivity index (χ2v) is 8.52. The summed E-state index contributed by atoms with van der Waals surface area (Å²) in [4.78, 5) is 30.2. The van der Waals surface area contributed by atoms with Crippen LogP contribution in [0, 0.1) is 5.92 Å². The lowest BCUT2D eigenvalue weighted by Crippen LogP contribution is -2.39. The first-order valence-electron chi connectivity index (χ1n) is 10.1. The van der Waals surface area contributed by atoms with Crippen LogP contribution in [0.2, 0.25) is 0 Å². The van der Waals surface area contributed by atoms with E-state index in [0.29, 0.717) is 11.7 Å². The summed E-state index contributed by atoms with van der Waals surface area (Å²) in [6.07, 6.45) is 5.56. The summed E-state index contributed by atoms with van der Waals surface area (Å²) in [5, 5.41) is 3.21. The van der Waals surface area contributed by atoms with Gasteiger partial charge in [0.25, 0.3) is 5.91 Å². The Balaban J connectivity index is 1.56. The lowest BCUT2D eigenvalue weighted by atomic mass is 9.93. The molecular weight excluding hydrogens is 358 g/mol. The minimum absolute atomic E-state index is 0.110. The van der Waals surface area contributed by atoms with Gasteiger partial charge in [0.2, 0.25) is 5.91 Å². The van der Waals surface area contributed by atoms with E-state index in [0.717, 1.165) is 68.9 Å². The predicted molar refractivity (Wildman–Crippen MR) is 110 cm³/mol. The number of likely N-dealkylation sites (tertiary alicyclic amines) is 2. The molecule has 3 rings (SSSR count). The zero-order valence-corrected chi connectivity index (χ0v) is 17.1. The first kappa shape index (κ1) is 20.2. The fourth-order valence-corrected chi connectivity index (χ4v) is 4.86. The molecule has 148 valence electrons. The van der Waals surface area contributed by atoms with Gasteiger partial charge >= 0.3 is 0 Å². The van der Waals surface area contributed by atoms with Crippen molar-refractivity contribution in [1.29, 1.82) is 0 Å². The van der Waals surface area contributed by atoms with Crippen molar-refractivity contribution in [2.75, 3.05) is 45.5 Å². The fraction of sp³-hybridized carbons (Fsp3) is 0.619. The monoisotopic (exact) mass is 389 g/mol. The molecule has 0 spiro atoms. The number of piperidine rings is 1. The van der Waals surface area contributed by atoms with Gasteiger partial charge < -0.3 is 15.1 Å².